The molecule has 27 heavy (non-hydrogen) atoms. The van der Waals surface area contributed by atoms with E-state index in [9.17, 15) is 9.59 Å². The number of methoxy groups -OCH3 is 1. The third-order valence-corrected chi connectivity index (χ3v) is 4.15. The van der Waals surface area contributed by atoms with Gasteiger partial charge in [0.2, 0.25) is 5.91 Å². The highest BCUT2D eigenvalue weighted by Crippen LogP contribution is 2.17. The molecular formula is C20H20N4O3. The number of carbonyl (C=O) groups excluding carboxylic acids is 2. The maximum absolute atomic E-state index is 12.6. The standard InChI is InChI=1S/C20H20N4O3/c1-27-18(13-7-3-2-4-8-13)20(26)24-17(19(21)25)11-14-12-22-15-9-5-6-10-16(15)23-14/h2-10,12,17-18H,11H2,1H3,(H2,21,25)(H,24,26)/t17-,18+/m0/s1. The van der Waals surface area contributed by atoms with Crippen molar-refractivity contribution in [2.75, 3.05) is 7.11 Å². The van der Waals surface area contributed by atoms with Crippen LogP contribution in [0.25, 0.3) is 11.0 Å². The summed E-state index contributed by atoms with van der Waals surface area (Å²) < 4.78 is 5.29. The van der Waals surface area contributed by atoms with Crippen molar-refractivity contribution < 1.29 is 14.3 Å². The van der Waals surface area contributed by atoms with Crippen molar-refractivity contribution in [3.63, 3.8) is 0 Å². The van der Waals surface area contributed by atoms with E-state index in [4.69, 9.17) is 10.5 Å². The van der Waals surface area contributed by atoms with E-state index in [0.717, 1.165) is 5.52 Å². The molecule has 0 bridgehead atoms. The van der Waals surface area contributed by atoms with Crippen molar-refractivity contribution >= 4 is 22.8 Å². The molecule has 1 aromatic heterocycles. The molecule has 0 aliphatic rings. The van der Waals surface area contributed by atoms with Crippen LogP contribution in [0, 0.1) is 0 Å². The van der Waals surface area contributed by atoms with E-state index in [2.05, 4.69) is 15.3 Å². The Morgan fingerprint density at radius 2 is 1.74 bits per heavy atom. The molecule has 0 aliphatic heterocycles. The molecular weight excluding hydrogens is 344 g/mol. The molecule has 3 N–H and O–H groups in total. The molecule has 0 unspecified atom stereocenters. The Balaban J connectivity index is 1.76. The van der Waals surface area contributed by atoms with Crippen LogP contribution >= 0.6 is 0 Å². The number of ether oxygens (including phenoxy) is 1. The average molecular weight is 364 g/mol. The van der Waals surface area contributed by atoms with E-state index in [1.165, 1.54) is 7.11 Å². The van der Waals surface area contributed by atoms with E-state index < -0.39 is 24.0 Å². The minimum absolute atomic E-state index is 0.143. The fraction of sp³-hybridized carbons (Fsp3) is 0.200. The van der Waals surface area contributed by atoms with E-state index in [-0.39, 0.29) is 6.42 Å². The molecule has 7 heteroatoms. The minimum atomic E-state index is -0.922. The molecule has 7 nitrogen and oxygen atoms in total. The zero-order chi connectivity index (χ0) is 19.2. The molecule has 138 valence electrons. The van der Waals surface area contributed by atoms with Crippen molar-refractivity contribution in [1.29, 1.82) is 0 Å². The summed E-state index contributed by atoms with van der Waals surface area (Å²) >= 11 is 0. The summed E-state index contributed by atoms with van der Waals surface area (Å²) in [5.74, 6) is -1.09. The average Bonchev–Trinajstić information content (AvgIpc) is 2.68. The summed E-state index contributed by atoms with van der Waals surface area (Å²) in [5, 5.41) is 2.66. The SMILES string of the molecule is CO[C@@H](C(=O)N[C@@H](Cc1cnc2ccccc2n1)C(N)=O)c1ccccc1. The molecule has 2 amide bonds. The highest BCUT2D eigenvalue weighted by molar-refractivity contribution is 5.89. The number of primary amides is 1. The van der Waals surface area contributed by atoms with Gasteiger partial charge in [-0.3, -0.25) is 14.6 Å². The number of hydrogen-bond acceptors (Lipinski definition) is 5. The van der Waals surface area contributed by atoms with Gasteiger partial charge < -0.3 is 15.8 Å². The van der Waals surface area contributed by atoms with Crippen molar-refractivity contribution in [1.82, 2.24) is 15.3 Å². The normalized spacial score (nSPS) is 13.1. The summed E-state index contributed by atoms with van der Waals surface area (Å²) in [6.07, 6.45) is 0.885. The molecule has 0 saturated heterocycles. The zero-order valence-electron chi connectivity index (χ0n) is 14.8. The highest BCUT2D eigenvalue weighted by atomic mass is 16.5. The van der Waals surface area contributed by atoms with Gasteiger partial charge in [0.25, 0.3) is 5.91 Å². The third-order valence-electron chi connectivity index (χ3n) is 4.15. The number of fused-ring (bicyclic) bond motifs is 1. The molecule has 1 heterocycles. The maximum Gasteiger partial charge on any atom is 0.254 e. The van der Waals surface area contributed by atoms with Gasteiger partial charge >= 0.3 is 0 Å². The van der Waals surface area contributed by atoms with Crippen LogP contribution in [0.2, 0.25) is 0 Å². The van der Waals surface area contributed by atoms with Crippen LogP contribution in [-0.4, -0.2) is 34.9 Å². The smallest absolute Gasteiger partial charge is 0.254 e. The predicted octanol–water partition coefficient (Wildman–Crippen LogP) is 1.53. The van der Waals surface area contributed by atoms with Gasteiger partial charge in [-0.1, -0.05) is 42.5 Å². The number of nitrogens with one attached hydrogen (secondary N) is 1. The van der Waals surface area contributed by atoms with Crippen LogP contribution in [0.4, 0.5) is 0 Å². The Labute approximate surface area is 156 Å². The van der Waals surface area contributed by atoms with Crippen molar-refractivity contribution in [2.45, 2.75) is 18.6 Å². The number of benzene rings is 2. The van der Waals surface area contributed by atoms with Crippen LogP contribution in [0.15, 0.2) is 60.8 Å². The number of hydrogen-bond donors (Lipinski definition) is 2. The van der Waals surface area contributed by atoms with Crippen molar-refractivity contribution in [3.8, 4) is 0 Å². The lowest BCUT2D eigenvalue weighted by Crippen LogP contribution is -2.47. The number of aromatic nitrogens is 2. The van der Waals surface area contributed by atoms with Crippen molar-refractivity contribution in [3.05, 3.63) is 72.1 Å². The highest BCUT2D eigenvalue weighted by Gasteiger charge is 2.26. The number of carbonyl (C=O) groups is 2. The van der Waals surface area contributed by atoms with E-state index in [0.29, 0.717) is 16.8 Å². The lowest BCUT2D eigenvalue weighted by molar-refractivity contribution is -0.134. The van der Waals surface area contributed by atoms with E-state index in [1.54, 1.807) is 18.3 Å². The molecule has 3 rings (SSSR count). The molecule has 0 saturated carbocycles. The van der Waals surface area contributed by atoms with Gasteiger partial charge in [-0.25, -0.2) is 4.98 Å². The second-order valence-electron chi connectivity index (χ2n) is 6.04. The fourth-order valence-corrected chi connectivity index (χ4v) is 2.80. The number of para-hydroxylation sites is 2. The molecule has 0 radical (unpaired) electrons. The molecule has 3 aromatic rings. The molecule has 2 atom stereocenters. The van der Waals surface area contributed by atoms with Crippen LogP contribution in [0.3, 0.4) is 0 Å². The summed E-state index contributed by atoms with van der Waals surface area (Å²) in [6, 6.07) is 15.5. The van der Waals surface area contributed by atoms with E-state index in [1.807, 2.05) is 42.5 Å². The first-order valence-electron chi connectivity index (χ1n) is 8.46. The monoisotopic (exact) mass is 364 g/mol. The van der Waals surface area contributed by atoms with E-state index >= 15 is 0 Å². The molecule has 2 aromatic carbocycles. The Bertz CT molecular complexity index is 946. The van der Waals surface area contributed by atoms with Gasteiger partial charge in [0.1, 0.15) is 6.04 Å². The quantitative estimate of drug-likeness (QED) is 0.661. The summed E-state index contributed by atoms with van der Waals surface area (Å²) in [5.41, 5.74) is 8.20. The number of amides is 2. The Kier molecular flexibility index (Phi) is 5.73. The van der Waals surface area contributed by atoms with Gasteiger partial charge in [0, 0.05) is 19.7 Å². The van der Waals surface area contributed by atoms with Crippen LogP contribution in [0.1, 0.15) is 17.4 Å². The maximum atomic E-state index is 12.6. The van der Waals surface area contributed by atoms with Crippen LogP contribution < -0.4 is 11.1 Å². The van der Waals surface area contributed by atoms with Gasteiger partial charge in [-0.05, 0) is 17.7 Å². The second-order valence-corrected chi connectivity index (χ2v) is 6.04. The lowest BCUT2D eigenvalue weighted by atomic mass is 10.1. The summed E-state index contributed by atoms with van der Waals surface area (Å²) in [4.78, 5) is 33.3. The molecule has 0 fully saturated rings. The Morgan fingerprint density at radius 3 is 2.41 bits per heavy atom. The topological polar surface area (TPSA) is 107 Å². The largest absolute Gasteiger partial charge is 0.368 e. The first kappa shape index (κ1) is 18.5. The molecule has 0 spiro atoms. The Morgan fingerprint density at radius 1 is 1.07 bits per heavy atom. The number of rotatable bonds is 7. The van der Waals surface area contributed by atoms with Crippen molar-refractivity contribution in [2.24, 2.45) is 5.73 Å². The lowest BCUT2D eigenvalue weighted by Gasteiger charge is -2.20. The Hall–Kier alpha value is -3.32. The zero-order valence-corrected chi connectivity index (χ0v) is 14.8. The number of nitrogens with two attached hydrogens (primary N) is 1. The van der Waals surface area contributed by atoms with Gasteiger partial charge in [0.05, 0.1) is 16.7 Å². The second kappa shape index (κ2) is 8.37. The summed E-state index contributed by atoms with van der Waals surface area (Å²) in [6.45, 7) is 0. The van der Waals surface area contributed by atoms with Crippen LogP contribution in [-0.2, 0) is 20.7 Å². The first-order chi connectivity index (χ1) is 13.1. The van der Waals surface area contributed by atoms with Gasteiger partial charge in [0.15, 0.2) is 6.10 Å². The van der Waals surface area contributed by atoms with Gasteiger partial charge in [-0.2, -0.15) is 0 Å². The predicted molar refractivity (Wildman–Crippen MR) is 101 cm³/mol. The summed E-state index contributed by atoms with van der Waals surface area (Å²) in [7, 11) is 1.44. The molecule has 0 aliphatic carbocycles. The minimum Gasteiger partial charge on any atom is -0.368 e. The fourth-order valence-electron chi connectivity index (χ4n) is 2.80. The third kappa shape index (κ3) is 4.45. The number of nitrogens with zero attached hydrogens (tertiary/aromatic N) is 2. The first-order valence-corrected chi connectivity index (χ1v) is 8.46. The van der Waals surface area contributed by atoms with Crippen LogP contribution in [0.5, 0.6) is 0 Å². The van der Waals surface area contributed by atoms with Gasteiger partial charge in [-0.15, -0.1) is 0 Å².